The molecule has 1 saturated heterocycles. The van der Waals surface area contributed by atoms with Gasteiger partial charge in [-0.2, -0.15) is 0 Å². The predicted octanol–water partition coefficient (Wildman–Crippen LogP) is 3.73. The first-order chi connectivity index (χ1) is 13.4. The summed E-state index contributed by atoms with van der Waals surface area (Å²) in [4.78, 5) is 14.8. The van der Waals surface area contributed by atoms with Gasteiger partial charge in [-0.1, -0.05) is 38.1 Å². The minimum atomic E-state index is -0.639. The van der Waals surface area contributed by atoms with Gasteiger partial charge >= 0.3 is 0 Å². The van der Waals surface area contributed by atoms with Gasteiger partial charge < -0.3 is 19.7 Å². The lowest BCUT2D eigenvalue weighted by Crippen LogP contribution is -2.68. The molecule has 2 heterocycles. The summed E-state index contributed by atoms with van der Waals surface area (Å²) < 4.78 is 10.9. The number of ether oxygens (including phenoxy) is 2. The molecule has 2 aliphatic rings. The van der Waals surface area contributed by atoms with Crippen molar-refractivity contribution < 1.29 is 14.3 Å². The van der Waals surface area contributed by atoms with Gasteiger partial charge in [-0.3, -0.25) is 4.79 Å². The molecule has 5 heteroatoms. The Kier molecular flexibility index (Phi) is 4.33. The second-order valence-corrected chi connectivity index (χ2v) is 7.80. The summed E-state index contributed by atoms with van der Waals surface area (Å²) in [6.45, 7) is 5.06. The van der Waals surface area contributed by atoms with Crippen LogP contribution in [-0.4, -0.2) is 32.3 Å². The first-order valence-corrected chi connectivity index (χ1v) is 9.52. The highest BCUT2D eigenvalue weighted by Gasteiger charge is 2.57. The van der Waals surface area contributed by atoms with Crippen LogP contribution in [0.1, 0.15) is 31.4 Å². The molecular weight excluding hydrogens is 352 g/mol. The number of carbonyl (C=O) groups is 1. The van der Waals surface area contributed by atoms with E-state index in [9.17, 15) is 4.79 Å². The molecule has 2 aromatic rings. The normalized spacial score (nSPS) is 22.6. The number of amides is 1. The van der Waals surface area contributed by atoms with E-state index in [2.05, 4.69) is 54.4 Å². The van der Waals surface area contributed by atoms with Crippen molar-refractivity contribution in [1.82, 2.24) is 5.32 Å². The maximum Gasteiger partial charge on any atom is 0.223 e. The molecule has 1 fully saturated rings. The molecule has 0 radical (unpaired) electrons. The van der Waals surface area contributed by atoms with Crippen molar-refractivity contribution in [1.29, 1.82) is 0 Å². The van der Waals surface area contributed by atoms with Crippen molar-refractivity contribution in [2.24, 2.45) is 0 Å². The zero-order valence-corrected chi connectivity index (χ0v) is 16.8. The Labute approximate surface area is 165 Å². The average Bonchev–Trinajstić information content (AvgIpc) is 2.90. The zero-order chi connectivity index (χ0) is 19.9. The number of benzene rings is 2. The van der Waals surface area contributed by atoms with Gasteiger partial charge in [0.15, 0.2) is 0 Å². The minimum absolute atomic E-state index is 0.0689. The van der Waals surface area contributed by atoms with E-state index in [4.69, 9.17) is 9.47 Å². The van der Waals surface area contributed by atoms with E-state index in [1.54, 1.807) is 14.2 Å². The van der Waals surface area contributed by atoms with E-state index < -0.39 is 5.66 Å². The van der Waals surface area contributed by atoms with Gasteiger partial charge in [0.25, 0.3) is 0 Å². The van der Waals surface area contributed by atoms with Gasteiger partial charge in [0.2, 0.25) is 5.91 Å². The van der Waals surface area contributed by atoms with Crippen molar-refractivity contribution in [2.45, 2.75) is 31.3 Å². The Bertz CT molecular complexity index is 951. The van der Waals surface area contributed by atoms with Gasteiger partial charge in [0.1, 0.15) is 17.2 Å². The highest BCUT2D eigenvalue weighted by Crippen LogP contribution is 2.52. The molecule has 1 amide bonds. The van der Waals surface area contributed by atoms with E-state index in [-0.39, 0.29) is 11.3 Å². The molecule has 4 rings (SSSR count). The Morgan fingerprint density at radius 1 is 1.11 bits per heavy atom. The molecule has 1 atom stereocenters. The molecule has 0 aliphatic carbocycles. The summed E-state index contributed by atoms with van der Waals surface area (Å²) in [5, 5.41) is 3.29. The molecule has 5 nitrogen and oxygen atoms in total. The summed E-state index contributed by atoms with van der Waals surface area (Å²) in [5.41, 5.74) is 2.37. The summed E-state index contributed by atoms with van der Waals surface area (Å²) in [6, 6.07) is 14.1. The highest BCUT2D eigenvalue weighted by molar-refractivity contribution is 5.84. The third kappa shape index (κ3) is 2.57. The lowest BCUT2D eigenvalue weighted by Gasteiger charge is -2.49. The predicted molar refractivity (Wildman–Crippen MR) is 111 cm³/mol. The van der Waals surface area contributed by atoms with E-state index in [0.717, 1.165) is 17.1 Å². The number of hydrogen-bond donors (Lipinski definition) is 1. The van der Waals surface area contributed by atoms with E-state index in [1.807, 2.05) is 24.3 Å². The first-order valence-electron chi connectivity index (χ1n) is 9.52. The van der Waals surface area contributed by atoms with Crippen LogP contribution in [0.2, 0.25) is 0 Å². The maximum atomic E-state index is 12.5. The Hall–Kier alpha value is -2.95. The van der Waals surface area contributed by atoms with Gasteiger partial charge in [0.05, 0.1) is 14.2 Å². The second kappa shape index (κ2) is 6.59. The quantitative estimate of drug-likeness (QED) is 0.881. The fraction of sp³-hybridized carbons (Fsp3) is 0.348. The Morgan fingerprint density at radius 3 is 2.64 bits per heavy atom. The zero-order valence-electron chi connectivity index (χ0n) is 16.8. The lowest BCUT2D eigenvalue weighted by atomic mass is 9.74. The topological polar surface area (TPSA) is 50.8 Å². The van der Waals surface area contributed by atoms with Crippen LogP contribution in [0.15, 0.2) is 48.5 Å². The molecule has 146 valence electrons. The van der Waals surface area contributed by atoms with Crippen molar-refractivity contribution in [3.63, 3.8) is 0 Å². The number of carbonyl (C=O) groups excluding carboxylic acids is 1. The maximum absolute atomic E-state index is 12.5. The van der Waals surface area contributed by atoms with Gasteiger partial charge in [-0.05, 0) is 35.9 Å². The SMILES string of the molecule is COc1ccc(OC)c(C=CC23NC(=O)CCN2c2ccccc2C3(C)C)c1. The lowest BCUT2D eigenvalue weighted by molar-refractivity contribution is -0.124. The molecule has 0 spiro atoms. The minimum Gasteiger partial charge on any atom is -0.497 e. The van der Waals surface area contributed by atoms with Gasteiger partial charge in [-0.25, -0.2) is 0 Å². The third-order valence-corrected chi connectivity index (χ3v) is 6.08. The van der Waals surface area contributed by atoms with Crippen LogP contribution >= 0.6 is 0 Å². The molecule has 0 saturated carbocycles. The number of nitrogens with one attached hydrogen (secondary N) is 1. The van der Waals surface area contributed by atoms with Crippen LogP contribution in [0, 0.1) is 0 Å². The standard InChI is InChI=1S/C23H26N2O3/c1-22(2)18-7-5-6-8-19(18)25-14-12-21(26)24-23(22,25)13-11-16-15-17(27-3)9-10-20(16)28-4/h5-11,13,15H,12,14H2,1-4H3,(H,24,26). The number of hydrogen-bond acceptors (Lipinski definition) is 4. The monoisotopic (exact) mass is 378 g/mol. The highest BCUT2D eigenvalue weighted by atomic mass is 16.5. The number of rotatable bonds is 4. The molecule has 1 unspecified atom stereocenters. The van der Waals surface area contributed by atoms with E-state index in [1.165, 1.54) is 11.3 Å². The van der Waals surface area contributed by atoms with Crippen LogP contribution in [-0.2, 0) is 10.2 Å². The number of fused-ring (bicyclic) bond motifs is 3. The molecular formula is C23H26N2O3. The summed E-state index contributed by atoms with van der Waals surface area (Å²) in [7, 11) is 3.30. The second-order valence-electron chi connectivity index (χ2n) is 7.80. The van der Waals surface area contributed by atoms with E-state index >= 15 is 0 Å². The van der Waals surface area contributed by atoms with Crippen LogP contribution in [0.3, 0.4) is 0 Å². The van der Waals surface area contributed by atoms with Crippen LogP contribution in [0.4, 0.5) is 5.69 Å². The first kappa shape index (κ1) is 18.4. The smallest absolute Gasteiger partial charge is 0.223 e. The summed E-state index contributed by atoms with van der Waals surface area (Å²) in [6.07, 6.45) is 4.61. The average molecular weight is 378 g/mol. The van der Waals surface area contributed by atoms with Crippen LogP contribution in [0.25, 0.3) is 6.08 Å². The number of methoxy groups -OCH3 is 2. The third-order valence-electron chi connectivity index (χ3n) is 6.08. The van der Waals surface area contributed by atoms with Gasteiger partial charge in [-0.15, -0.1) is 0 Å². The number of para-hydroxylation sites is 1. The van der Waals surface area contributed by atoms with Crippen molar-refractivity contribution in [3.05, 3.63) is 59.7 Å². The summed E-state index contributed by atoms with van der Waals surface area (Å²) in [5.74, 6) is 1.59. The Balaban J connectivity index is 1.84. The molecule has 2 aliphatic heterocycles. The van der Waals surface area contributed by atoms with Crippen molar-refractivity contribution in [2.75, 3.05) is 25.7 Å². The van der Waals surface area contributed by atoms with Crippen LogP contribution < -0.4 is 19.7 Å². The van der Waals surface area contributed by atoms with E-state index in [0.29, 0.717) is 13.0 Å². The number of nitrogens with zero attached hydrogens (tertiary/aromatic N) is 1. The van der Waals surface area contributed by atoms with Crippen molar-refractivity contribution >= 4 is 17.7 Å². The van der Waals surface area contributed by atoms with Gasteiger partial charge in [0, 0.05) is 29.6 Å². The van der Waals surface area contributed by atoms with Crippen LogP contribution in [0.5, 0.6) is 11.5 Å². The summed E-state index contributed by atoms with van der Waals surface area (Å²) >= 11 is 0. The molecule has 28 heavy (non-hydrogen) atoms. The molecule has 2 aromatic carbocycles. The van der Waals surface area contributed by atoms with Crippen molar-refractivity contribution in [3.8, 4) is 11.5 Å². The largest absolute Gasteiger partial charge is 0.497 e. The fourth-order valence-corrected chi connectivity index (χ4v) is 4.50. The fourth-order valence-electron chi connectivity index (χ4n) is 4.50. The number of anilines is 1. The Morgan fingerprint density at radius 2 is 1.89 bits per heavy atom. The molecule has 1 N–H and O–H groups in total. The molecule has 0 bridgehead atoms. The molecule has 0 aromatic heterocycles.